The maximum atomic E-state index is 5.92. The quantitative estimate of drug-likeness (QED) is 0.694. The fraction of sp³-hybridized carbons (Fsp3) is 1.00. The second-order valence-corrected chi connectivity index (χ2v) is 6.95. The first-order valence-electron chi connectivity index (χ1n) is 7.84. The molecule has 0 amide bonds. The average Bonchev–Trinajstić information content (AvgIpc) is 2.33. The van der Waals surface area contributed by atoms with Crippen molar-refractivity contribution in [3.63, 3.8) is 0 Å². The minimum Gasteiger partial charge on any atom is -0.380 e. The van der Waals surface area contributed by atoms with Gasteiger partial charge in [-0.2, -0.15) is 0 Å². The van der Waals surface area contributed by atoms with Gasteiger partial charge < -0.3 is 10.1 Å². The molecular weight excluding hydrogens is 222 g/mol. The van der Waals surface area contributed by atoms with E-state index in [9.17, 15) is 0 Å². The van der Waals surface area contributed by atoms with Gasteiger partial charge in [-0.3, -0.25) is 0 Å². The van der Waals surface area contributed by atoms with Crippen LogP contribution in [0.5, 0.6) is 0 Å². The lowest BCUT2D eigenvalue weighted by molar-refractivity contribution is 0.0690. The van der Waals surface area contributed by atoms with Crippen LogP contribution in [-0.4, -0.2) is 25.8 Å². The molecule has 1 aliphatic rings. The molecule has 18 heavy (non-hydrogen) atoms. The second-order valence-electron chi connectivity index (χ2n) is 6.95. The van der Waals surface area contributed by atoms with Crippen molar-refractivity contribution in [2.75, 3.05) is 19.8 Å². The molecule has 1 N–H and O–H groups in total. The van der Waals surface area contributed by atoms with Gasteiger partial charge in [-0.15, -0.1) is 0 Å². The summed E-state index contributed by atoms with van der Waals surface area (Å²) in [5.41, 5.74) is 0.387. The van der Waals surface area contributed by atoms with Crippen LogP contribution in [0, 0.1) is 11.3 Å². The SMILES string of the molecule is CCNC(COCCC(C)(C)C)C1CCCCC1. The topological polar surface area (TPSA) is 21.3 Å². The van der Waals surface area contributed by atoms with E-state index in [0.29, 0.717) is 11.5 Å². The van der Waals surface area contributed by atoms with E-state index in [2.05, 4.69) is 33.0 Å². The highest BCUT2D eigenvalue weighted by Crippen LogP contribution is 2.27. The second kappa shape index (κ2) is 8.16. The van der Waals surface area contributed by atoms with Crippen molar-refractivity contribution in [2.24, 2.45) is 11.3 Å². The van der Waals surface area contributed by atoms with Gasteiger partial charge in [-0.25, -0.2) is 0 Å². The molecule has 1 unspecified atom stereocenters. The summed E-state index contributed by atoms with van der Waals surface area (Å²) >= 11 is 0. The number of hydrogen-bond acceptors (Lipinski definition) is 2. The van der Waals surface area contributed by atoms with E-state index in [0.717, 1.165) is 32.1 Å². The van der Waals surface area contributed by atoms with Crippen LogP contribution in [0.2, 0.25) is 0 Å². The average molecular weight is 255 g/mol. The molecule has 0 radical (unpaired) electrons. The van der Waals surface area contributed by atoms with E-state index < -0.39 is 0 Å². The van der Waals surface area contributed by atoms with E-state index >= 15 is 0 Å². The van der Waals surface area contributed by atoms with Gasteiger partial charge in [0.15, 0.2) is 0 Å². The molecule has 1 rings (SSSR count). The molecule has 0 bridgehead atoms. The summed E-state index contributed by atoms with van der Waals surface area (Å²) in [7, 11) is 0. The third-order valence-corrected chi connectivity index (χ3v) is 3.98. The van der Waals surface area contributed by atoms with E-state index in [4.69, 9.17) is 4.74 Å². The fourth-order valence-electron chi connectivity index (χ4n) is 2.75. The number of hydrogen-bond donors (Lipinski definition) is 1. The van der Waals surface area contributed by atoms with Crippen molar-refractivity contribution in [1.82, 2.24) is 5.32 Å². The highest BCUT2D eigenvalue weighted by atomic mass is 16.5. The van der Waals surface area contributed by atoms with Gasteiger partial charge in [-0.1, -0.05) is 47.0 Å². The van der Waals surface area contributed by atoms with Crippen LogP contribution in [-0.2, 0) is 4.74 Å². The molecule has 2 nitrogen and oxygen atoms in total. The molecule has 0 spiro atoms. The fourth-order valence-corrected chi connectivity index (χ4v) is 2.75. The first-order valence-corrected chi connectivity index (χ1v) is 7.84. The Balaban J connectivity index is 2.24. The number of likely N-dealkylation sites (N-methyl/N-ethyl adjacent to an activating group) is 1. The molecule has 0 aromatic carbocycles. The van der Waals surface area contributed by atoms with Crippen LogP contribution in [0.4, 0.5) is 0 Å². The zero-order valence-electron chi connectivity index (χ0n) is 12.9. The van der Waals surface area contributed by atoms with Crippen molar-refractivity contribution in [2.45, 2.75) is 72.3 Å². The summed E-state index contributed by atoms with van der Waals surface area (Å²) in [4.78, 5) is 0. The van der Waals surface area contributed by atoms with Gasteiger partial charge in [0.1, 0.15) is 0 Å². The van der Waals surface area contributed by atoms with Crippen LogP contribution < -0.4 is 5.32 Å². The minimum atomic E-state index is 0.387. The van der Waals surface area contributed by atoms with Crippen LogP contribution in [0.25, 0.3) is 0 Å². The smallest absolute Gasteiger partial charge is 0.0622 e. The van der Waals surface area contributed by atoms with E-state index in [1.807, 2.05) is 0 Å². The Hall–Kier alpha value is -0.0800. The molecule has 0 aliphatic heterocycles. The monoisotopic (exact) mass is 255 g/mol. The Bertz CT molecular complexity index is 204. The Labute approximate surface area is 114 Å². The first-order chi connectivity index (χ1) is 8.53. The molecule has 1 saturated carbocycles. The summed E-state index contributed by atoms with van der Waals surface area (Å²) in [5.74, 6) is 0.841. The van der Waals surface area contributed by atoms with Crippen LogP contribution in [0.15, 0.2) is 0 Å². The highest BCUT2D eigenvalue weighted by molar-refractivity contribution is 4.79. The van der Waals surface area contributed by atoms with E-state index in [-0.39, 0.29) is 0 Å². The Kier molecular flexibility index (Phi) is 7.25. The molecule has 0 heterocycles. The van der Waals surface area contributed by atoms with Gasteiger partial charge in [0.2, 0.25) is 0 Å². The number of rotatable bonds is 7. The van der Waals surface area contributed by atoms with Crippen molar-refractivity contribution in [1.29, 1.82) is 0 Å². The lowest BCUT2D eigenvalue weighted by Gasteiger charge is -2.31. The molecule has 1 fully saturated rings. The first kappa shape index (κ1) is 16.0. The Morgan fingerprint density at radius 1 is 1.17 bits per heavy atom. The minimum absolute atomic E-state index is 0.387. The summed E-state index contributed by atoms with van der Waals surface area (Å²) in [6.07, 6.45) is 8.18. The number of nitrogens with one attached hydrogen (secondary N) is 1. The largest absolute Gasteiger partial charge is 0.380 e. The third-order valence-electron chi connectivity index (χ3n) is 3.98. The predicted molar refractivity (Wildman–Crippen MR) is 78.9 cm³/mol. The molecule has 0 saturated heterocycles. The molecule has 1 atom stereocenters. The maximum absolute atomic E-state index is 5.92. The summed E-state index contributed by atoms with van der Waals surface area (Å²) in [6.45, 7) is 11.9. The lowest BCUT2D eigenvalue weighted by Crippen LogP contribution is -2.41. The van der Waals surface area contributed by atoms with Crippen molar-refractivity contribution in [3.05, 3.63) is 0 Å². The predicted octanol–water partition coefficient (Wildman–Crippen LogP) is 4.00. The van der Waals surface area contributed by atoms with Crippen molar-refractivity contribution >= 4 is 0 Å². The molecule has 1 aliphatic carbocycles. The zero-order chi connectivity index (χ0) is 13.4. The van der Waals surface area contributed by atoms with E-state index in [1.165, 1.54) is 32.1 Å². The summed E-state index contributed by atoms with van der Waals surface area (Å²) < 4.78 is 5.92. The summed E-state index contributed by atoms with van der Waals surface area (Å²) in [6, 6.07) is 0.579. The zero-order valence-corrected chi connectivity index (χ0v) is 12.9. The number of ether oxygens (including phenoxy) is 1. The third kappa shape index (κ3) is 6.75. The standard InChI is InChI=1S/C16H33NO/c1-5-17-15(14-9-7-6-8-10-14)13-18-12-11-16(2,3)4/h14-15,17H,5-13H2,1-4H3. The molecule has 2 heteroatoms. The van der Waals surface area contributed by atoms with E-state index in [1.54, 1.807) is 0 Å². The van der Waals surface area contributed by atoms with Gasteiger partial charge in [0.25, 0.3) is 0 Å². The molecule has 0 aromatic heterocycles. The van der Waals surface area contributed by atoms with Crippen LogP contribution in [0.3, 0.4) is 0 Å². The maximum Gasteiger partial charge on any atom is 0.0622 e. The molecular formula is C16H33NO. The van der Waals surface area contributed by atoms with Gasteiger partial charge >= 0.3 is 0 Å². The Morgan fingerprint density at radius 3 is 2.39 bits per heavy atom. The van der Waals surface area contributed by atoms with Crippen molar-refractivity contribution in [3.8, 4) is 0 Å². The normalized spacial score (nSPS) is 20.0. The Morgan fingerprint density at radius 2 is 1.83 bits per heavy atom. The lowest BCUT2D eigenvalue weighted by atomic mass is 9.84. The van der Waals surface area contributed by atoms with Crippen LogP contribution in [0.1, 0.15) is 66.2 Å². The van der Waals surface area contributed by atoms with Gasteiger partial charge in [0.05, 0.1) is 6.61 Å². The molecule has 0 aromatic rings. The highest BCUT2D eigenvalue weighted by Gasteiger charge is 2.23. The summed E-state index contributed by atoms with van der Waals surface area (Å²) in [5, 5.41) is 3.62. The van der Waals surface area contributed by atoms with Crippen LogP contribution >= 0.6 is 0 Å². The van der Waals surface area contributed by atoms with Gasteiger partial charge in [-0.05, 0) is 37.1 Å². The van der Waals surface area contributed by atoms with Crippen molar-refractivity contribution < 1.29 is 4.74 Å². The molecule has 108 valence electrons. The van der Waals surface area contributed by atoms with Gasteiger partial charge in [0, 0.05) is 12.6 Å².